The summed E-state index contributed by atoms with van der Waals surface area (Å²) >= 11 is 0. The van der Waals surface area contributed by atoms with Crippen molar-refractivity contribution < 1.29 is 12.6 Å². The van der Waals surface area contributed by atoms with E-state index in [1.165, 1.54) is 10.8 Å². The highest BCUT2D eigenvalue weighted by atomic mass is 32.2. The van der Waals surface area contributed by atoms with Crippen molar-refractivity contribution >= 4 is 31.7 Å². The lowest BCUT2D eigenvalue weighted by atomic mass is 9.96. The molecule has 0 spiro atoms. The van der Waals surface area contributed by atoms with Crippen molar-refractivity contribution in [3.63, 3.8) is 0 Å². The minimum atomic E-state index is -3.39. The Labute approximate surface area is 124 Å². The second-order valence-electron chi connectivity index (χ2n) is 5.08. The molecular formula is C17H16O3S. The molecule has 0 aliphatic rings. The number of rotatable bonds is 4. The summed E-state index contributed by atoms with van der Waals surface area (Å²) in [6.07, 6.45) is 1.64. The van der Waals surface area contributed by atoms with E-state index < -0.39 is 10.1 Å². The smallest absolute Gasteiger partial charge is 0.264 e. The molecule has 0 bridgehead atoms. The van der Waals surface area contributed by atoms with Crippen LogP contribution in [0, 0.1) is 0 Å². The van der Waals surface area contributed by atoms with Crippen LogP contribution in [0.3, 0.4) is 0 Å². The van der Waals surface area contributed by atoms with Gasteiger partial charge in [0.05, 0.1) is 12.9 Å². The van der Waals surface area contributed by atoms with Gasteiger partial charge in [-0.3, -0.25) is 4.18 Å². The van der Waals surface area contributed by atoms with Crippen molar-refractivity contribution in [1.82, 2.24) is 0 Å². The number of hydrogen-bond acceptors (Lipinski definition) is 3. The average molecular weight is 300 g/mol. The average Bonchev–Trinajstić information content (AvgIpc) is 2.46. The van der Waals surface area contributed by atoms with Gasteiger partial charge in [-0.25, -0.2) is 0 Å². The third-order valence-corrected chi connectivity index (χ3v) is 4.12. The summed E-state index contributed by atoms with van der Waals surface area (Å²) in [5.74, 6) is 0. The summed E-state index contributed by atoms with van der Waals surface area (Å²) in [5, 5.41) is 4.70. The van der Waals surface area contributed by atoms with E-state index in [1.54, 1.807) is 0 Å². The summed E-state index contributed by atoms with van der Waals surface area (Å²) in [7, 11) is -3.39. The molecule has 0 unspecified atom stereocenters. The summed E-state index contributed by atoms with van der Waals surface area (Å²) < 4.78 is 27.0. The van der Waals surface area contributed by atoms with E-state index in [1.807, 2.05) is 24.3 Å². The second kappa shape index (κ2) is 5.47. The Kier molecular flexibility index (Phi) is 3.66. The first-order valence-electron chi connectivity index (χ1n) is 6.78. The monoisotopic (exact) mass is 300 g/mol. The molecule has 3 nitrogen and oxygen atoms in total. The largest absolute Gasteiger partial charge is 0.270 e. The number of fused-ring (bicyclic) bond motifs is 3. The van der Waals surface area contributed by atoms with Gasteiger partial charge in [0.25, 0.3) is 10.1 Å². The summed E-state index contributed by atoms with van der Waals surface area (Å²) in [6, 6.07) is 18.5. The van der Waals surface area contributed by atoms with Crippen molar-refractivity contribution in [2.24, 2.45) is 0 Å². The van der Waals surface area contributed by atoms with Gasteiger partial charge >= 0.3 is 0 Å². The highest BCUT2D eigenvalue weighted by molar-refractivity contribution is 7.85. The molecule has 0 aromatic heterocycles. The lowest BCUT2D eigenvalue weighted by Crippen LogP contribution is -2.06. The maximum Gasteiger partial charge on any atom is 0.264 e. The minimum absolute atomic E-state index is 0.168. The van der Waals surface area contributed by atoms with Crippen LogP contribution in [0.25, 0.3) is 21.5 Å². The molecule has 21 heavy (non-hydrogen) atoms. The van der Waals surface area contributed by atoms with Crippen molar-refractivity contribution in [2.75, 3.05) is 12.9 Å². The van der Waals surface area contributed by atoms with E-state index in [0.717, 1.165) is 22.6 Å². The van der Waals surface area contributed by atoms with Gasteiger partial charge < -0.3 is 0 Å². The van der Waals surface area contributed by atoms with Crippen LogP contribution >= 0.6 is 0 Å². The molecule has 0 saturated heterocycles. The molecule has 3 aromatic rings. The first-order chi connectivity index (χ1) is 10.0. The molecule has 0 atom stereocenters. The van der Waals surface area contributed by atoms with E-state index in [9.17, 15) is 8.42 Å². The van der Waals surface area contributed by atoms with Gasteiger partial charge in [-0.05, 0) is 33.5 Å². The first kappa shape index (κ1) is 14.0. The fourth-order valence-corrected chi connectivity index (χ4v) is 3.03. The summed E-state index contributed by atoms with van der Waals surface area (Å²) in [4.78, 5) is 0. The van der Waals surface area contributed by atoms with Gasteiger partial charge in [0.2, 0.25) is 0 Å². The lowest BCUT2D eigenvalue weighted by molar-refractivity contribution is 0.326. The standard InChI is InChI=1S/C17H16O3S/c1-21(18,19)20-11-10-14-12-13-6-2-3-7-15(13)17-9-5-4-8-16(14)17/h2-9,12H,10-11H2,1H3. The van der Waals surface area contributed by atoms with Gasteiger partial charge in [-0.1, -0.05) is 54.6 Å². The topological polar surface area (TPSA) is 43.4 Å². The Bertz CT molecular complexity index is 898. The molecule has 0 radical (unpaired) electrons. The Morgan fingerprint density at radius 1 is 0.905 bits per heavy atom. The highest BCUT2D eigenvalue weighted by Gasteiger charge is 2.07. The molecule has 3 rings (SSSR count). The highest BCUT2D eigenvalue weighted by Crippen LogP contribution is 2.28. The van der Waals surface area contributed by atoms with Gasteiger partial charge in [0, 0.05) is 0 Å². The van der Waals surface area contributed by atoms with Crippen LogP contribution in [-0.4, -0.2) is 21.3 Å². The predicted molar refractivity (Wildman–Crippen MR) is 86.0 cm³/mol. The van der Waals surface area contributed by atoms with Gasteiger partial charge in [-0.2, -0.15) is 8.42 Å². The van der Waals surface area contributed by atoms with Gasteiger partial charge in [0.1, 0.15) is 0 Å². The van der Waals surface area contributed by atoms with E-state index in [2.05, 4.69) is 30.3 Å². The van der Waals surface area contributed by atoms with Crippen LogP contribution in [0.1, 0.15) is 5.56 Å². The van der Waals surface area contributed by atoms with Crippen molar-refractivity contribution in [1.29, 1.82) is 0 Å². The Balaban J connectivity index is 2.08. The van der Waals surface area contributed by atoms with E-state index in [-0.39, 0.29) is 6.61 Å². The zero-order valence-electron chi connectivity index (χ0n) is 11.7. The molecule has 0 fully saturated rings. The predicted octanol–water partition coefficient (Wildman–Crippen LogP) is 3.51. The van der Waals surface area contributed by atoms with Crippen molar-refractivity contribution in [2.45, 2.75) is 6.42 Å². The summed E-state index contributed by atoms with van der Waals surface area (Å²) in [6.45, 7) is 0.168. The fourth-order valence-electron chi connectivity index (χ4n) is 2.64. The number of hydrogen-bond donors (Lipinski definition) is 0. The quantitative estimate of drug-likeness (QED) is 0.547. The SMILES string of the molecule is CS(=O)(=O)OCCc1cc2ccccc2c2ccccc12. The summed E-state index contributed by atoms with van der Waals surface area (Å²) in [5.41, 5.74) is 1.10. The molecule has 108 valence electrons. The fraction of sp³-hybridized carbons (Fsp3) is 0.176. The Morgan fingerprint density at radius 3 is 2.24 bits per heavy atom. The van der Waals surface area contributed by atoms with E-state index in [0.29, 0.717) is 6.42 Å². The molecule has 3 aromatic carbocycles. The normalized spacial score (nSPS) is 12.0. The van der Waals surface area contributed by atoms with Crippen LogP contribution in [0.15, 0.2) is 54.6 Å². The number of benzene rings is 3. The van der Waals surface area contributed by atoms with Crippen LogP contribution in [0.5, 0.6) is 0 Å². The van der Waals surface area contributed by atoms with Crippen LogP contribution in [0.2, 0.25) is 0 Å². The first-order valence-corrected chi connectivity index (χ1v) is 8.60. The van der Waals surface area contributed by atoms with Crippen LogP contribution in [-0.2, 0) is 20.7 Å². The lowest BCUT2D eigenvalue weighted by Gasteiger charge is -2.10. The van der Waals surface area contributed by atoms with Crippen LogP contribution < -0.4 is 0 Å². The minimum Gasteiger partial charge on any atom is -0.270 e. The van der Waals surface area contributed by atoms with Gasteiger partial charge in [-0.15, -0.1) is 0 Å². The zero-order valence-corrected chi connectivity index (χ0v) is 12.6. The van der Waals surface area contributed by atoms with Crippen molar-refractivity contribution in [3.8, 4) is 0 Å². The second-order valence-corrected chi connectivity index (χ2v) is 6.72. The molecule has 0 saturated carbocycles. The third kappa shape index (κ3) is 3.06. The molecular weight excluding hydrogens is 284 g/mol. The molecule has 0 aliphatic carbocycles. The third-order valence-electron chi connectivity index (χ3n) is 3.52. The van der Waals surface area contributed by atoms with E-state index in [4.69, 9.17) is 4.18 Å². The molecule has 0 aliphatic heterocycles. The van der Waals surface area contributed by atoms with Crippen LogP contribution in [0.4, 0.5) is 0 Å². The molecule has 0 N–H and O–H groups in total. The van der Waals surface area contributed by atoms with Crippen molar-refractivity contribution in [3.05, 3.63) is 60.2 Å². The molecule has 0 heterocycles. The maximum atomic E-state index is 11.1. The van der Waals surface area contributed by atoms with E-state index >= 15 is 0 Å². The molecule has 0 amide bonds. The molecule has 4 heteroatoms. The Morgan fingerprint density at radius 2 is 1.52 bits per heavy atom. The zero-order chi connectivity index (χ0) is 14.9. The Hall–Kier alpha value is -1.91. The maximum absolute atomic E-state index is 11.1. The van der Waals surface area contributed by atoms with Gasteiger partial charge in [0.15, 0.2) is 0 Å².